The molecule has 8 heteroatoms. The molecule has 0 aromatic rings. The molecule has 1 aliphatic heterocycles. The lowest BCUT2D eigenvalue weighted by molar-refractivity contribution is -0.169. The van der Waals surface area contributed by atoms with Crippen LogP contribution in [0.5, 0.6) is 0 Å². The summed E-state index contributed by atoms with van der Waals surface area (Å²) < 4.78 is 19.4. The van der Waals surface area contributed by atoms with E-state index in [0.717, 1.165) is 14.0 Å². The van der Waals surface area contributed by atoms with Crippen LogP contribution in [-0.2, 0) is 33.3 Å². The summed E-state index contributed by atoms with van der Waals surface area (Å²) >= 11 is 5.80. The lowest BCUT2D eigenvalue weighted by Crippen LogP contribution is -2.42. The van der Waals surface area contributed by atoms with Crippen molar-refractivity contribution in [2.45, 2.75) is 37.7 Å². The van der Waals surface area contributed by atoms with E-state index in [1.807, 2.05) is 0 Å². The first kappa shape index (κ1) is 14.7. The Labute approximate surface area is 108 Å². The smallest absolute Gasteiger partial charge is 0.339 e. The molecule has 4 atom stereocenters. The molecule has 0 aromatic heterocycles. The van der Waals surface area contributed by atoms with Gasteiger partial charge in [0.25, 0.3) is 0 Å². The zero-order chi connectivity index (χ0) is 13.9. The SMILES string of the molecule is COC(=O)[C@H]1OC(Cl)[C@H](OC(C)=O)[C@H]1OC(C)=O. The highest BCUT2D eigenvalue weighted by molar-refractivity contribution is 6.20. The number of carbonyl (C=O) groups is 3. The second-order valence-electron chi connectivity index (χ2n) is 3.58. The molecule has 18 heavy (non-hydrogen) atoms. The number of carbonyl (C=O) groups excluding carboxylic acids is 3. The van der Waals surface area contributed by atoms with Crippen LogP contribution in [0, 0.1) is 0 Å². The standard InChI is InChI=1S/C10H13ClO7/c1-4(12)16-6-7(17-5(2)13)9(11)18-8(6)10(14)15-3/h6-9H,1-3H3/t6-,7-,8+,9?/m1/s1. The third-order valence-corrected chi connectivity index (χ3v) is 2.55. The van der Waals surface area contributed by atoms with Gasteiger partial charge in [-0.25, -0.2) is 4.79 Å². The lowest BCUT2D eigenvalue weighted by Gasteiger charge is -2.21. The van der Waals surface area contributed by atoms with Gasteiger partial charge in [0.2, 0.25) is 0 Å². The molecule has 1 unspecified atom stereocenters. The van der Waals surface area contributed by atoms with Gasteiger partial charge in [0.1, 0.15) is 0 Å². The van der Waals surface area contributed by atoms with Gasteiger partial charge in [-0.05, 0) is 0 Å². The van der Waals surface area contributed by atoms with E-state index in [4.69, 9.17) is 25.8 Å². The van der Waals surface area contributed by atoms with Gasteiger partial charge in [-0.15, -0.1) is 0 Å². The van der Waals surface area contributed by atoms with E-state index in [9.17, 15) is 14.4 Å². The first-order chi connectivity index (χ1) is 8.36. The second kappa shape index (κ2) is 6.01. The molecule has 102 valence electrons. The van der Waals surface area contributed by atoms with E-state index in [1.165, 1.54) is 6.92 Å². The molecule has 0 spiro atoms. The number of halogens is 1. The molecule has 0 saturated carbocycles. The number of hydrogen-bond acceptors (Lipinski definition) is 7. The van der Waals surface area contributed by atoms with Crippen molar-refractivity contribution in [1.29, 1.82) is 0 Å². The van der Waals surface area contributed by atoms with Crippen molar-refractivity contribution in [2.24, 2.45) is 0 Å². The summed E-state index contributed by atoms with van der Waals surface area (Å²) in [5.74, 6) is -2.04. The molecule has 0 amide bonds. The summed E-state index contributed by atoms with van der Waals surface area (Å²) in [7, 11) is 1.15. The van der Waals surface area contributed by atoms with E-state index < -0.39 is 41.8 Å². The second-order valence-corrected chi connectivity index (χ2v) is 4.01. The molecule has 1 rings (SSSR count). The van der Waals surface area contributed by atoms with Crippen molar-refractivity contribution >= 4 is 29.5 Å². The van der Waals surface area contributed by atoms with Crippen LogP contribution in [0.25, 0.3) is 0 Å². The van der Waals surface area contributed by atoms with Crippen LogP contribution in [-0.4, -0.2) is 48.9 Å². The molecule has 0 radical (unpaired) electrons. The van der Waals surface area contributed by atoms with Gasteiger partial charge < -0.3 is 18.9 Å². The molecular formula is C10H13ClO7. The Hall–Kier alpha value is -1.34. The number of ether oxygens (including phenoxy) is 4. The summed E-state index contributed by atoms with van der Waals surface area (Å²) in [6, 6.07) is 0. The molecule has 1 heterocycles. The number of alkyl halides is 1. The van der Waals surface area contributed by atoms with Gasteiger partial charge in [0.05, 0.1) is 7.11 Å². The van der Waals surface area contributed by atoms with Crippen LogP contribution in [0.1, 0.15) is 13.8 Å². The topological polar surface area (TPSA) is 88.1 Å². The lowest BCUT2D eigenvalue weighted by atomic mass is 10.1. The minimum atomic E-state index is -1.22. The molecule has 0 N–H and O–H groups in total. The highest BCUT2D eigenvalue weighted by Crippen LogP contribution is 2.30. The maximum absolute atomic E-state index is 11.4. The number of rotatable bonds is 3. The summed E-state index contributed by atoms with van der Waals surface area (Å²) in [4.78, 5) is 33.4. The Morgan fingerprint density at radius 1 is 1.06 bits per heavy atom. The fraction of sp³-hybridized carbons (Fsp3) is 0.700. The predicted octanol–water partition coefficient (Wildman–Crippen LogP) is -0.0135. The third-order valence-electron chi connectivity index (χ3n) is 2.19. The first-order valence-electron chi connectivity index (χ1n) is 5.08. The van der Waals surface area contributed by atoms with Crippen LogP contribution in [0.3, 0.4) is 0 Å². The largest absolute Gasteiger partial charge is 0.467 e. The predicted molar refractivity (Wildman–Crippen MR) is 57.6 cm³/mol. The maximum Gasteiger partial charge on any atom is 0.339 e. The van der Waals surface area contributed by atoms with E-state index >= 15 is 0 Å². The Morgan fingerprint density at radius 2 is 1.56 bits per heavy atom. The number of hydrogen-bond donors (Lipinski definition) is 0. The van der Waals surface area contributed by atoms with Crippen molar-refractivity contribution in [3.63, 3.8) is 0 Å². The van der Waals surface area contributed by atoms with E-state index in [0.29, 0.717) is 0 Å². The average molecular weight is 281 g/mol. The minimum absolute atomic E-state index is 0.628. The quantitative estimate of drug-likeness (QED) is 0.408. The van der Waals surface area contributed by atoms with Gasteiger partial charge in [-0.1, -0.05) is 11.6 Å². The molecule has 0 aromatic carbocycles. The van der Waals surface area contributed by atoms with Crippen molar-refractivity contribution in [3.8, 4) is 0 Å². The molecular weight excluding hydrogens is 268 g/mol. The molecule has 1 saturated heterocycles. The zero-order valence-electron chi connectivity index (χ0n) is 10.0. The fourth-order valence-electron chi connectivity index (χ4n) is 1.55. The van der Waals surface area contributed by atoms with Gasteiger partial charge >= 0.3 is 17.9 Å². The molecule has 0 bridgehead atoms. The summed E-state index contributed by atoms with van der Waals surface area (Å²) in [6.45, 7) is 2.32. The van der Waals surface area contributed by atoms with Crippen molar-refractivity contribution in [2.75, 3.05) is 7.11 Å². The van der Waals surface area contributed by atoms with Crippen LogP contribution in [0.15, 0.2) is 0 Å². The van der Waals surface area contributed by atoms with Crippen molar-refractivity contribution in [3.05, 3.63) is 0 Å². The molecule has 7 nitrogen and oxygen atoms in total. The Kier molecular flexibility index (Phi) is 4.92. The first-order valence-corrected chi connectivity index (χ1v) is 5.52. The van der Waals surface area contributed by atoms with Gasteiger partial charge in [-0.2, -0.15) is 0 Å². The Bertz CT molecular complexity index is 356. The normalized spacial score (nSPS) is 30.7. The summed E-state index contributed by atoms with van der Waals surface area (Å²) in [5.41, 5.74) is -1.10. The fourth-order valence-corrected chi connectivity index (χ4v) is 1.86. The monoisotopic (exact) mass is 280 g/mol. The van der Waals surface area contributed by atoms with E-state index in [-0.39, 0.29) is 0 Å². The highest BCUT2D eigenvalue weighted by atomic mass is 35.5. The molecule has 0 aliphatic carbocycles. The Morgan fingerprint density at radius 3 is 2.00 bits per heavy atom. The molecule has 1 fully saturated rings. The molecule has 1 aliphatic rings. The summed E-state index contributed by atoms with van der Waals surface area (Å²) in [6.07, 6.45) is -3.40. The number of esters is 3. The van der Waals surface area contributed by atoms with Crippen LogP contribution >= 0.6 is 11.6 Å². The maximum atomic E-state index is 11.4. The van der Waals surface area contributed by atoms with Gasteiger partial charge in [0, 0.05) is 13.8 Å². The minimum Gasteiger partial charge on any atom is -0.467 e. The van der Waals surface area contributed by atoms with Crippen molar-refractivity contribution in [1.82, 2.24) is 0 Å². The highest BCUT2D eigenvalue weighted by Gasteiger charge is 2.52. The zero-order valence-corrected chi connectivity index (χ0v) is 10.8. The van der Waals surface area contributed by atoms with Crippen LogP contribution < -0.4 is 0 Å². The van der Waals surface area contributed by atoms with Gasteiger partial charge in [0.15, 0.2) is 23.9 Å². The number of methoxy groups -OCH3 is 1. The third kappa shape index (κ3) is 3.33. The van der Waals surface area contributed by atoms with E-state index in [1.54, 1.807) is 0 Å². The average Bonchev–Trinajstić information content (AvgIpc) is 2.55. The Balaban J connectivity index is 2.90. The van der Waals surface area contributed by atoms with E-state index in [2.05, 4.69) is 4.74 Å². The van der Waals surface area contributed by atoms with Gasteiger partial charge in [-0.3, -0.25) is 9.59 Å². The van der Waals surface area contributed by atoms with Crippen molar-refractivity contribution < 1.29 is 33.3 Å². The van der Waals surface area contributed by atoms with Crippen LogP contribution in [0.2, 0.25) is 0 Å². The summed E-state index contributed by atoms with van der Waals surface area (Å²) in [5, 5.41) is 0. The van der Waals surface area contributed by atoms with Crippen LogP contribution in [0.4, 0.5) is 0 Å².